The van der Waals surface area contributed by atoms with Crippen LogP contribution in [0.25, 0.3) is 0 Å². The average molecular weight is 231 g/mol. The van der Waals surface area contributed by atoms with Gasteiger partial charge in [-0.25, -0.2) is 0 Å². The van der Waals surface area contributed by atoms with E-state index >= 15 is 0 Å². The van der Waals surface area contributed by atoms with E-state index in [4.69, 9.17) is 9.47 Å². The summed E-state index contributed by atoms with van der Waals surface area (Å²) in [4.78, 5) is 11.3. The number of benzene rings is 1. The molecule has 5 heteroatoms. The zero-order chi connectivity index (χ0) is 11.6. The van der Waals surface area contributed by atoms with Crippen molar-refractivity contribution in [2.45, 2.75) is 17.7 Å². The Morgan fingerprint density at radius 3 is 3.00 bits per heavy atom. The molecule has 0 amide bonds. The van der Waals surface area contributed by atoms with Crippen LogP contribution in [0.5, 0.6) is 5.75 Å². The third kappa shape index (κ3) is 0.769. The molecule has 1 aromatic carbocycles. The number of ether oxygens (including phenoxy) is 2. The van der Waals surface area contributed by atoms with Gasteiger partial charge < -0.3 is 9.47 Å². The van der Waals surface area contributed by atoms with Gasteiger partial charge in [-0.15, -0.1) is 0 Å². The predicted octanol–water partition coefficient (Wildman–Crippen LogP) is 1.46. The molecule has 4 unspecified atom stereocenters. The maximum Gasteiger partial charge on any atom is 0.300 e. The van der Waals surface area contributed by atoms with Crippen LogP contribution in [0, 0.1) is 16.0 Å². The zero-order valence-corrected chi connectivity index (χ0v) is 8.78. The van der Waals surface area contributed by atoms with Gasteiger partial charge in [0, 0.05) is 4.92 Å². The Hall–Kier alpha value is -2.04. The zero-order valence-electron chi connectivity index (χ0n) is 8.78. The van der Waals surface area contributed by atoms with Crippen molar-refractivity contribution in [1.82, 2.24) is 0 Å². The standard InChI is InChI=1S/C12H9NO4/c14-13(15)12-7-3-1-2-4-9(7)17-11(12)10-8(12)5-6-16-10/h1-6,8,10-11H. The van der Waals surface area contributed by atoms with Crippen molar-refractivity contribution in [3.8, 4) is 5.75 Å². The Kier molecular flexibility index (Phi) is 1.39. The number of hydrogen-bond acceptors (Lipinski definition) is 4. The average Bonchev–Trinajstić information content (AvgIpc) is 2.83. The third-order valence-corrected chi connectivity index (χ3v) is 3.99. The summed E-state index contributed by atoms with van der Waals surface area (Å²) in [6, 6.07) is 7.19. The van der Waals surface area contributed by atoms with Crippen LogP contribution >= 0.6 is 0 Å². The summed E-state index contributed by atoms with van der Waals surface area (Å²) in [6.45, 7) is 0. The third-order valence-electron chi connectivity index (χ3n) is 3.99. The Morgan fingerprint density at radius 2 is 2.18 bits per heavy atom. The minimum absolute atomic E-state index is 0.215. The van der Waals surface area contributed by atoms with Crippen molar-refractivity contribution >= 4 is 0 Å². The summed E-state index contributed by atoms with van der Waals surface area (Å²) in [5, 5.41) is 11.5. The summed E-state index contributed by atoms with van der Waals surface area (Å²) in [5.41, 5.74) is -0.472. The van der Waals surface area contributed by atoms with E-state index in [1.54, 1.807) is 24.5 Å². The lowest BCUT2D eigenvalue weighted by molar-refractivity contribution is -0.620. The lowest BCUT2D eigenvalue weighted by atomic mass is 9.60. The van der Waals surface area contributed by atoms with Crippen LogP contribution in [0.1, 0.15) is 5.56 Å². The molecule has 86 valence electrons. The first kappa shape index (κ1) is 9.04. The van der Waals surface area contributed by atoms with E-state index in [9.17, 15) is 10.1 Å². The number of hydrogen-bond donors (Lipinski definition) is 0. The lowest BCUT2D eigenvalue weighted by Gasteiger charge is -2.44. The van der Waals surface area contributed by atoms with E-state index in [1.165, 1.54) is 0 Å². The smallest absolute Gasteiger partial charge is 0.300 e. The molecule has 0 spiro atoms. The highest BCUT2D eigenvalue weighted by Gasteiger charge is 2.79. The maximum atomic E-state index is 11.5. The van der Waals surface area contributed by atoms with Crippen molar-refractivity contribution < 1.29 is 14.4 Å². The quantitative estimate of drug-likeness (QED) is 0.542. The van der Waals surface area contributed by atoms with Gasteiger partial charge in [0.25, 0.3) is 5.54 Å². The minimum Gasteiger partial charge on any atom is -0.493 e. The molecule has 1 fully saturated rings. The summed E-state index contributed by atoms with van der Waals surface area (Å²) in [6.07, 6.45) is 2.60. The van der Waals surface area contributed by atoms with Crippen molar-refractivity contribution in [2.24, 2.45) is 5.92 Å². The molecule has 0 aromatic heterocycles. The van der Waals surface area contributed by atoms with E-state index in [0.29, 0.717) is 11.3 Å². The highest BCUT2D eigenvalue weighted by Crippen LogP contribution is 2.60. The molecule has 2 heterocycles. The minimum atomic E-state index is -1.14. The van der Waals surface area contributed by atoms with Crippen LogP contribution in [0.15, 0.2) is 36.6 Å². The Bertz CT molecular complexity index is 555. The fraction of sp³-hybridized carbons (Fsp3) is 0.333. The summed E-state index contributed by atoms with van der Waals surface area (Å²) in [7, 11) is 0. The lowest BCUT2D eigenvalue weighted by Crippen LogP contribution is -2.68. The van der Waals surface area contributed by atoms with Gasteiger partial charge in [0.1, 0.15) is 11.7 Å². The van der Waals surface area contributed by atoms with Crippen LogP contribution < -0.4 is 4.74 Å². The fourth-order valence-corrected chi connectivity index (χ4v) is 3.24. The second-order valence-corrected chi connectivity index (χ2v) is 4.57. The molecule has 4 rings (SSSR count). The van der Waals surface area contributed by atoms with Crippen molar-refractivity contribution in [3.63, 3.8) is 0 Å². The van der Waals surface area contributed by atoms with Gasteiger partial charge in [-0.2, -0.15) is 0 Å². The van der Waals surface area contributed by atoms with Crippen molar-refractivity contribution in [1.29, 1.82) is 0 Å². The van der Waals surface area contributed by atoms with Gasteiger partial charge >= 0.3 is 0 Å². The Balaban J connectivity index is 1.96. The van der Waals surface area contributed by atoms with Crippen LogP contribution in [0.4, 0.5) is 0 Å². The van der Waals surface area contributed by atoms with E-state index < -0.39 is 11.6 Å². The van der Waals surface area contributed by atoms with Gasteiger partial charge in [0.2, 0.25) is 6.10 Å². The molecule has 17 heavy (non-hydrogen) atoms. The molecule has 0 N–H and O–H groups in total. The van der Waals surface area contributed by atoms with Gasteiger partial charge in [0.15, 0.2) is 6.10 Å². The van der Waals surface area contributed by atoms with Crippen LogP contribution in [-0.2, 0) is 10.3 Å². The first-order valence-corrected chi connectivity index (χ1v) is 5.49. The SMILES string of the molecule is O=[N+]([O-])C12c3ccccc3OC1C1OC=CC12. The molecule has 3 aliphatic rings. The van der Waals surface area contributed by atoms with Gasteiger partial charge in [-0.1, -0.05) is 12.1 Å². The van der Waals surface area contributed by atoms with Crippen LogP contribution in [0.3, 0.4) is 0 Å². The van der Waals surface area contributed by atoms with E-state index in [2.05, 4.69) is 0 Å². The summed E-state index contributed by atoms with van der Waals surface area (Å²) in [5.74, 6) is 0.395. The molecule has 1 saturated carbocycles. The number of nitro groups is 1. The molecular weight excluding hydrogens is 222 g/mol. The highest BCUT2D eigenvalue weighted by molar-refractivity contribution is 5.49. The molecular formula is C12H9NO4. The molecule has 2 aliphatic heterocycles. The molecule has 1 aliphatic carbocycles. The van der Waals surface area contributed by atoms with Crippen molar-refractivity contribution in [3.05, 3.63) is 52.3 Å². The van der Waals surface area contributed by atoms with Gasteiger partial charge in [-0.3, -0.25) is 10.1 Å². The summed E-state index contributed by atoms with van der Waals surface area (Å²) >= 11 is 0. The second-order valence-electron chi connectivity index (χ2n) is 4.57. The molecule has 0 saturated heterocycles. The largest absolute Gasteiger partial charge is 0.493 e. The topological polar surface area (TPSA) is 61.6 Å². The van der Waals surface area contributed by atoms with Crippen LogP contribution in [0.2, 0.25) is 0 Å². The van der Waals surface area contributed by atoms with Gasteiger partial charge in [0.05, 0.1) is 11.8 Å². The van der Waals surface area contributed by atoms with Gasteiger partial charge in [-0.05, 0) is 18.2 Å². The van der Waals surface area contributed by atoms with E-state index in [1.807, 2.05) is 12.1 Å². The number of para-hydroxylation sites is 1. The van der Waals surface area contributed by atoms with E-state index in [-0.39, 0.29) is 16.9 Å². The second kappa shape index (κ2) is 2.61. The summed E-state index contributed by atoms with van der Waals surface area (Å²) < 4.78 is 11.0. The highest BCUT2D eigenvalue weighted by atomic mass is 16.6. The van der Waals surface area contributed by atoms with Crippen LogP contribution in [-0.4, -0.2) is 17.1 Å². The first-order valence-electron chi connectivity index (χ1n) is 5.49. The Labute approximate surface area is 96.8 Å². The Morgan fingerprint density at radius 1 is 1.35 bits per heavy atom. The molecule has 1 aromatic rings. The molecule has 4 atom stereocenters. The van der Waals surface area contributed by atoms with E-state index in [0.717, 1.165) is 0 Å². The first-order chi connectivity index (χ1) is 8.26. The fourth-order valence-electron chi connectivity index (χ4n) is 3.24. The molecule has 0 bridgehead atoms. The molecule has 0 radical (unpaired) electrons. The normalized spacial score (nSPS) is 39.4. The number of fused-ring (bicyclic) bond motifs is 6. The molecule has 5 nitrogen and oxygen atoms in total. The maximum absolute atomic E-state index is 11.5. The monoisotopic (exact) mass is 231 g/mol. The predicted molar refractivity (Wildman–Crippen MR) is 57.0 cm³/mol. The van der Waals surface area contributed by atoms with Crippen molar-refractivity contribution in [2.75, 3.05) is 0 Å². The number of nitrogens with zero attached hydrogens (tertiary/aromatic N) is 1. The number of rotatable bonds is 1.